The Labute approximate surface area is 95.3 Å². The Morgan fingerprint density at radius 2 is 2.12 bits per heavy atom. The van der Waals surface area contributed by atoms with Crippen molar-refractivity contribution in [2.75, 3.05) is 5.32 Å². The monoisotopic (exact) mass is 235 g/mol. The van der Waals surface area contributed by atoms with E-state index in [2.05, 4.69) is 20.4 Å². The van der Waals surface area contributed by atoms with E-state index >= 15 is 0 Å². The molecule has 88 valence electrons. The number of carbonyl (C=O) groups excluding carboxylic acids is 1. The van der Waals surface area contributed by atoms with E-state index in [-0.39, 0.29) is 23.1 Å². The van der Waals surface area contributed by atoms with Crippen molar-refractivity contribution in [3.8, 4) is 0 Å². The summed E-state index contributed by atoms with van der Waals surface area (Å²) in [6.07, 6.45) is 1.17. The molecule has 0 atom stereocenters. The Balaban J connectivity index is 2.70. The molecule has 8 heteroatoms. The van der Waals surface area contributed by atoms with Gasteiger partial charge in [0, 0.05) is 6.92 Å². The van der Waals surface area contributed by atoms with Crippen molar-refractivity contribution in [2.45, 2.75) is 13.8 Å². The van der Waals surface area contributed by atoms with Gasteiger partial charge in [-0.15, -0.1) is 0 Å². The van der Waals surface area contributed by atoms with Crippen molar-refractivity contribution in [3.05, 3.63) is 17.6 Å². The van der Waals surface area contributed by atoms with Gasteiger partial charge in [-0.05, 0) is 6.92 Å². The van der Waals surface area contributed by atoms with E-state index in [0.717, 1.165) is 0 Å². The largest absolute Gasteiger partial charge is 0.477 e. The molecule has 0 radical (unpaired) electrons. The van der Waals surface area contributed by atoms with Crippen molar-refractivity contribution in [3.63, 3.8) is 0 Å². The molecule has 0 fully saturated rings. The summed E-state index contributed by atoms with van der Waals surface area (Å²) in [5, 5.41) is 15.5. The highest BCUT2D eigenvalue weighted by molar-refractivity contribution is 5.96. The van der Waals surface area contributed by atoms with E-state index in [4.69, 9.17) is 5.11 Å². The molecule has 0 saturated carbocycles. The molecule has 2 rings (SSSR count). The lowest BCUT2D eigenvalue weighted by molar-refractivity contribution is -0.114. The van der Waals surface area contributed by atoms with E-state index in [1.807, 2.05) is 0 Å². The summed E-state index contributed by atoms with van der Waals surface area (Å²) in [5.41, 5.74) is 0.456. The number of rotatable bonds is 2. The van der Waals surface area contributed by atoms with Crippen molar-refractivity contribution in [2.24, 2.45) is 0 Å². The molecular formula is C9H9N5O3. The fourth-order valence-electron chi connectivity index (χ4n) is 1.47. The van der Waals surface area contributed by atoms with Gasteiger partial charge in [-0.3, -0.25) is 10.1 Å². The first-order valence-corrected chi connectivity index (χ1v) is 4.72. The van der Waals surface area contributed by atoms with Crippen molar-refractivity contribution < 1.29 is 14.7 Å². The van der Waals surface area contributed by atoms with Crippen LogP contribution >= 0.6 is 0 Å². The topological polar surface area (TPSA) is 109 Å². The maximum atomic E-state index is 11.0. The summed E-state index contributed by atoms with van der Waals surface area (Å²) < 4.78 is 1.19. The number of carboxylic acids is 1. The van der Waals surface area contributed by atoms with E-state index in [1.165, 1.54) is 17.8 Å². The van der Waals surface area contributed by atoms with Crippen molar-refractivity contribution >= 4 is 23.5 Å². The second-order valence-electron chi connectivity index (χ2n) is 3.38. The average Bonchev–Trinajstić information content (AvgIpc) is 2.54. The molecule has 0 aliphatic rings. The van der Waals surface area contributed by atoms with Crippen LogP contribution in [-0.4, -0.2) is 36.6 Å². The molecule has 0 aliphatic carbocycles. The van der Waals surface area contributed by atoms with Crippen molar-refractivity contribution in [1.82, 2.24) is 19.6 Å². The zero-order valence-corrected chi connectivity index (χ0v) is 9.13. The highest BCUT2D eigenvalue weighted by Gasteiger charge is 2.19. The van der Waals surface area contributed by atoms with Crippen LogP contribution in [0.2, 0.25) is 0 Å². The fraction of sp³-hybridized carbons (Fsp3) is 0.222. The summed E-state index contributed by atoms with van der Waals surface area (Å²) in [4.78, 5) is 29.7. The molecule has 2 N–H and O–H groups in total. The Morgan fingerprint density at radius 3 is 2.71 bits per heavy atom. The standard InChI is InChI=1S/C9H9N5O3/c1-4-6(8(16)17)7-10-3-11-9(12-5(2)15)14(7)13-4/h3H,1-2H3,(H,16,17)(H,10,11,12,15). The maximum absolute atomic E-state index is 11.0. The number of fused-ring (bicyclic) bond motifs is 1. The summed E-state index contributed by atoms with van der Waals surface area (Å²) in [7, 11) is 0. The number of aromatic carboxylic acids is 1. The Bertz CT molecular complexity index is 618. The van der Waals surface area contributed by atoms with E-state index in [1.54, 1.807) is 6.92 Å². The number of hydrogen-bond donors (Lipinski definition) is 2. The van der Waals surface area contributed by atoms with Crippen LogP contribution in [0.15, 0.2) is 6.33 Å². The number of nitrogens with zero attached hydrogens (tertiary/aromatic N) is 4. The molecular weight excluding hydrogens is 226 g/mol. The Hall–Kier alpha value is -2.51. The second-order valence-corrected chi connectivity index (χ2v) is 3.38. The highest BCUT2D eigenvalue weighted by atomic mass is 16.4. The minimum atomic E-state index is -1.12. The lowest BCUT2D eigenvalue weighted by atomic mass is 10.2. The predicted molar refractivity (Wildman–Crippen MR) is 56.8 cm³/mol. The summed E-state index contributed by atoms with van der Waals surface area (Å²) in [5.74, 6) is -1.31. The molecule has 8 nitrogen and oxygen atoms in total. The summed E-state index contributed by atoms with van der Waals surface area (Å²) >= 11 is 0. The first-order valence-electron chi connectivity index (χ1n) is 4.72. The van der Waals surface area contributed by atoms with Gasteiger partial charge in [-0.25, -0.2) is 14.8 Å². The van der Waals surface area contributed by atoms with Crippen molar-refractivity contribution in [1.29, 1.82) is 0 Å². The fourth-order valence-corrected chi connectivity index (χ4v) is 1.47. The number of aryl methyl sites for hydroxylation is 1. The molecule has 0 bridgehead atoms. The minimum absolute atomic E-state index is 0.000924. The molecule has 0 spiro atoms. The number of carboxylic acid groups (broad SMARTS) is 1. The normalized spacial score (nSPS) is 10.5. The number of aromatic nitrogens is 4. The Kier molecular flexibility index (Phi) is 2.47. The minimum Gasteiger partial charge on any atom is -0.477 e. The lowest BCUT2D eigenvalue weighted by Gasteiger charge is -2.02. The van der Waals surface area contributed by atoms with Crippen LogP contribution < -0.4 is 5.32 Å². The molecule has 1 amide bonds. The number of carbonyl (C=O) groups is 2. The van der Waals surface area contributed by atoms with Crippen LogP contribution in [0.25, 0.3) is 5.65 Å². The van der Waals surface area contributed by atoms with Gasteiger partial charge >= 0.3 is 5.97 Å². The van der Waals surface area contributed by atoms with Crippen LogP contribution in [0, 0.1) is 6.92 Å². The van der Waals surface area contributed by atoms with Gasteiger partial charge in [0.1, 0.15) is 11.9 Å². The van der Waals surface area contributed by atoms with E-state index in [9.17, 15) is 9.59 Å². The number of amides is 1. The molecule has 2 aromatic rings. The lowest BCUT2D eigenvalue weighted by Crippen LogP contribution is -2.12. The maximum Gasteiger partial charge on any atom is 0.341 e. The molecule has 0 saturated heterocycles. The van der Waals surface area contributed by atoms with Gasteiger partial charge in [0.25, 0.3) is 0 Å². The smallest absolute Gasteiger partial charge is 0.341 e. The SMILES string of the molecule is CC(=O)Nc1ncnc2c(C(=O)O)c(C)nn12. The molecule has 0 unspecified atom stereocenters. The number of nitrogens with one attached hydrogen (secondary N) is 1. The first-order chi connectivity index (χ1) is 8.00. The molecule has 17 heavy (non-hydrogen) atoms. The van der Waals surface area contributed by atoms with Gasteiger partial charge in [0.15, 0.2) is 5.65 Å². The number of anilines is 1. The molecule has 2 aromatic heterocycles. The predicted octanol–water partition coefficient (Wildman–Crippen LogP) is 0.0893. The van der Waals surface area contributed by atoms with Gasteiger partial charge in [-0.1, -0.05) is 0 Å². The van der Waals surface area contributed by atoms with Gasteiger partial charge in [-0.2, -0.15) is 9.61 Å². The summed E-state index contributed by atoms with van der Waals surface area (Å²) in [6.45, 7) is 2.87. The highest BCUT2D eigenvalue weighted by Crippen LogP contribution is 2.15. The second kappa shape index (κ2) is 3.81. The van der Waals surface area contributed by atoms with E-state index < -0.39 is 5.97 Å². The van der Waals surface area contributed by atoms with Gasteiger partial charge < -0.3 is 5.11 Å². The zero-order chi connectivity index (χ0) is 12.6. The van der Waals surface area contributed by atoms with Crippen LogP contribution in [-0.2, 0) is 4.79 Å². The van der Waals surface area contributed by atoms with E-state index in [0.29, 0.717) is 5.69 Å². The zero-order valence-electron chi connectivity index (χ0n) is 9.13. The van der Waals surface area contributed by atoms with Gasteiger partial charge in [0.05, 0.1) is 5.69 Å². The average molecular weight is 235 g/mol. The Morgan fingerprint density at radius 1 is 1.41 bits per heavy atom. The molecule has 0 aliphatic heterocycles. The molecule has 0 aromatic carbocycles. The van der Waals surface area contributed by atoms with Crippen LogP contribution in [0.5, 0.6) is 0 Å². The van der Waals surface area contributed by atoms with Crippen LogP contribution in [0.1, 0.15) is 23.0 Å². The first kappa shape index (κ1) is 11.0. The van der Waals surface area contributed by atoms with Gasteiger partial charge in [0.2, 0.25) is 11.9 Å². The quantitative estimate of drug-likeness (QED) is 0.763. The van der Waals surface area contributed by atoms with Crippen LogP contribution in [0.4, 0.5) is 5.95 Å². The third-order valence-electron chi connectivity index (χ3n) is 2.10. The third-order valence-corrected chi connectivity index (χ3v) is 2.10. The third kappa shape index (κ3) is 1.80. The summed E-state index contributed by atoms with van der Waals surface area (Å²) in [6, 6.07) is 0. The molecule has 2 heterocycles. The van der Waals surface area contributed by atoms with Crippen LogP contribution in [0.3, 0.4) is 0 Å². The number of hydrogen-bond acceptors (Lipinski definition) is 5.